The predicted octanol–water partition coefficient (Wildman–Crippen LogP) is 3.94. The predicted molar refractivity (Wildman–Crippen MR) is 67.9 cm³/mol. The number of halogens is 2. The molecular formula is C14H10F2OS. The molecule has 0 atom stereocenters. The molecule has 18 heavy (non-hydrogen) atoms. The SMILES string of the molecule is O=C(CSc1ccccc1)c1cc(F)ccc1F. The molecule has 0 saturated carbocycles. The Morgan fingerprint density at radius 2 is 1.78 bits per heavy atom. The van der Waals surface area contributed by atoms with Crippen molar-refractivity contribution in [3.05, 3.63) is 65.7 Å². The van der Waals surface area contributed by atoms with Crippen LogP contribution in [0.2, 0.25) is 0 Å². The van der Waals surface area contributed by atoms with Crippen molar-refractivity contribution in [1.82, 2.24) is 0 Å². The molecule has 0 aliphatic carbocycles. The number of thioether (sulfide) groups is 1. The molecule has 92 valence electrons. The van der Waals surface area contributed by atoms with Crippen molar-refractivity contribution in [2.45, 2.75) is 4.90 Å². The van der Waals surface area contributed by atoms with Crippen molar-refractivity contribution >= 4 is 17.5 Å². The van der Waals surface area contributed by atoms with E-state index in [0.717, 1.165) is 23.1 Å². The van der Waals surface area contributed by atoms with E-state index in [1.54, 1.807) is 0 Å². The van der Waals surface area contributed by atoms with Crippen LogP contribution < -0.4 is 0 Å². The Balaban J connectivity index is 2.06. The average molecular weight is 264 g/mol. The van der Waals surface area contributed by atoms with E-state index < -0.39 is 17.4 Å². The first-order valence-electron chi connectivity index (χ1n) is 5.33. The molecule has 0 aromatic heterocycles. The summed E-state index contributed by atoms with van der Waals surface area (Å²) in [5.74, 6) is -1.62. The lowest BCUT2D eigenvalue weighted by Crippen LogP contribution is -2.05. The van der Waals surface area contributed by atoms with Gasteiger partial charge >= 0.3 is 0 Å². The molecule has 0 aliphatic heterocycles. The van der Waals surface area contributed by atoms with E-state index in [1.165, 1.54) is 11.8 Å². The Bertz CT molecular complexity index is 555. The van der Waals surface area contributed by atoms with Gasteiger partial charge in [-0.15, -0.1) is 11.8 Å². The van der Waals surface area contributed by atoms with Gasteiger partial charge < -0.3 is 0 Å². The summed E-state index contributed by atoms with van der Waals surface area (Å²) in [5.41, 5.74) is -0.196. The van der Waals surface area contributed by atoms with Gasteiger partial charge in [0, 0.05) is 4.90 Å². The molecular weight excluding hydrogens is 254 g/mol. The smallest absolute Gasteiger partial charge is 0.176 e. The van der Waals surface area contributed by atoms with Gasteiger partial charge in [-0.05, 0) is 30.3 Å². The van der Waals surface area contributed by atoms with Crippen LogP contribution in [0.4, 0.5) is 8.78 Å². The molecule has 1 nitrogen and oxygen atoms in total. The van der Waals surface area contributed by atoms with Crippen LogP contribution in [0.5, 0.6) is 0 Å². The molecule has 0 spiro atoms. The Hall–Kier alpha value is -1.68. The average Bonchev–Trinajstić information content (AvgIpc) is 2.40. The van der Waals surface area contributed by atoms with Crippen LogP contribution in [0.25, 0.3) is 0 Å². The monoisotopic (exact) mass is 264 g/mol. The van der Waals surface area contributed by atoms with Gasteiger partial charge in [-0.2, -0.15) is 0 Å². The third-order valence-corrected chi connectivity index (χ3v) is 3.35. The summed E-state index contributed by atoms with van der Waals surface area (Å²) < 4.78 is 26.3. The molecule has 0 N–H and O–H groups in total. The maximum absolute atomic E-state index is 13.3. The Kier molecular flexibility index (Phi) is 4.10. The number of Topliss-reactive ketones (excluding diaryl/α,β-unsaturated/α-hetero) is 1. The molecule has 0 saturated heterocycles. The first-order chi connectivity index (χ1) is 8.66. The highest BCUT2D eigenvalue weighted by molar-refractivity contribution is 8.00. The molecule has 0 radical (unpaired) electrons. The molecule has 4 heteroatoms. The Labute approximate surface area is 108 Å². The fourth-order valence-corrected chi connectivity index (χ4v) is 2.26. The van der Waals surface area contributed by atoms with Crippen LogP contribution in [0.3, 0.4) is 0 Å². The molecule has 0 unspecified atom stereocenters. The minimum Gasteiger partial charge on any atom is -0.293 e. The minimum atomic E-state index is -0.685. The Morgan fingerprint density at radius 1 is 1.06 bits per heavy atom. The standard InChI is InChI=1S/C14H10F2OS/c15-10-6-7-13(16)12(8-10)14(17)9-18-11-4-2-1-3-5-11/h1-8H,9H2. The first-order valence-corrected chi connectivity index (χ1v) is 6.31. The topological polar surface area (TPSA) is 17.1 Å². The summed E-state index contributed by atoms with van der Waals surface area (Å²) in [6, 6.07) is 12.2. The highest BCUT2D eigenvalue weighted by atomic mass is 32.2. The molecule has 0 bridgehead atoms. The quantitative estimate of drug-likeness (QED) is 0.614. The summed E-state index contributed by atoms with van der Waals surface area (Å²) in [6.45, 7) is 0. The lowest BCUT2D eigenvalue weighted by atomic mass is 10.1. The highest BCUT2D eigenvalue weighted by Crippen LogP contribution is 2.19. The van der Waals surface area contributed by atoms with Gasteiger partial charge in [0.05, 0.1) is 11.3 Å². The van der Waals surface area contributed by atoms with Crippen molar-refractivity contribution in [1.29, 1.82) is 0 Å². The van der Waals surface area contributed by atoms with E-state index in [4.69, 9.17) is 0 Å². The van der Waals surface area contributed by atoms with Gasteiger partial charge in [0.15, 0.2) is 5.78 Å². The third-order valence-electron chi connectivity index (χ3n) is 2.34. The summed E-state index contributed by atoms with van der Waals surface area (Å²) in [6.07, 6.45) is 0. The largest absolute Gasteiger partial charge is 0.293 e. The van der Waals surface area contributed by atoms with Crippen LogP contribution in [-0.2, 0) is 0 Å². The number of hydrogen-bond acceptors (Lipinski definition) is 2. The van der Waals surface area contributed by atoms with Gasteiger partial charge in [-0.25, -0.2) is 8.78 Å². The number of hydrogen-bond donors (Lipinski definition) is 0. The van der Waals surface area contributed by atoms with Crippen molar-refractivity contribution < 1.29 is 13.6 Å². The van der Waals surface area contributed by atoms with Gasteiger partial charge in [0.2, 0.25) is 0 Å². The summed E-state index contributed by atoms with van der Waals surface area (Å²) in [5, 5.41) is 0. The van der Waals surface area contributed by atoms with Crippen molar-refractivity contribution in [2.75, 3.05) is 5.75 Å². The van der Waals surface area contributed by atoms with Crippen molar-refractivity contribution in [2.24, 2.45) is 0 Å². The maximum atomic E-state index is 13.3. The van der Waals surface area contributed by atoms with E-state index in [0.29, 0.717) is 0 Å². The summed E-state index contributed by atoms with van der Waals surface area (Å²) >= 11 is 1.30. The zero-order valence-electron chi connectivity index (χ0n) is 9.40. The molecule has 0 aliphatic rings. The van der Waals surface area contributed by atoms with Crippen LogP contribution in [0.15, 0.2) is 53.4 Å². The van der Waals surface area contributed by atoms with E-state index in [9.17, 15) is 13.6 Å². The molecule has 2 aromatic rings. The molecule has 0 fully saturated rings. The maximum Gasteiger partial charge on any atom is 0.176 e. The van der Waals surface area contributed by atoms with Crippen molar-refractivity contribution in [3.63, 3.8) is 0 Å². The van der Waals surface area contributed by atoms with Gasteiger partial charge in [0.1, 0.15) is 11.6 Å². The second-order valence-corrected chi connectivity index (χ2v) is 4.70. The van der Waals surface area contributed by atoms with Gasteiger partial charge in [-0.1, -0.05) is 18.2 Å². The molecule has 2 rings (SSSR count). The van der Waals surface area contributed by atoms with Gasteiger partial charge in [0.25, 0.3) is 0 Å². The third kappa shape index (κ3) is 3.17. The Morgan fingerprint density at radius 3 is 2.50 bits per heavy atom. The second-order valence-electron chi connectivity index (χ2n) is 3.65. The van der Waals surface area contributed by atoms with E-state index in [-0.39, 0.29) is 11.3 Å². The zero-order valence-corrected chi connectivity index (χ0v) is 10.2. The molecule has 2 aromatic carbocycles. The minimum absolute atomic E-state index is 0.0877. The van der Waals surface area contributed by atoms with E-state index in [1.807, 2.05) is 30.3 Å². The van der Waals surface area contributed by atoms with Crippen LogP contribution >= 0.6 is 11.8 Å². The number of carbonyl (C=O) groups excluding carboxylic acids is 1. The number of rotatable bonds is 4. The lowest BCUT2D eigenvalue weighted by molar-refractivity contribution is 0.101. The fourth-order valence-electron chi connectivity index (χ4n) is 1.45. The summed E-state index contributed by atoms with van der Waals surface area (Å²) in [4.78, 5) is 12.7. The van der Waals surface area contributed by atoms with Crippen LogP contribution in [0, 0.1) is 11.6 Å². The lowest BCUT2D eigenvalue weighted by Gasteiger charge is -2.03. The van der Waals surface area contributed by atoms with Crippen LogP contribution in [0.1, 0.15) is 10.4 Å². The molecule has 0 amide bonds. The van der Waals surface area contributed by atoms with Crippen molar-refractivity contribution in [3.8, 4) is 0 Å². The normalized spacial score (nSPS) is 10.3. The van der Waals surface area contributed by atoms with Gasteiger partial charge in [-0.3, -0.25) is 4.79 Å². The van der Waals surface area contributed by atoms with Crippen LogP contribution in [-0.4, -0.2) is 11.5 Å². The first kappa shape index (κ1) is 12.8. The van der Waals surface area contributed by atoms with E-state index >= 15 is 0 Å². The summed E-state index contributed by atoms with van der Waals surface area (Å²) in [7, 11) is 0. The van der Waals surface area contributed by atoms with E-state index in [2.05, 4.69) is 0 Å². The molecule has 0 heterocycles. The number of ketones is 1. The number of carbonyl (C=O) groups is 1. The fraction of sp³-hybridized carbons (Fsp3) is 0.0714. The number of benzene rings is 2. The zero-order chi connectivity index (χ0) is 13.0. The second kappa shape index (κ2) is 5.78. The highest BCUT2D eigenvalue weighted by Gasteiger charge is 2.13.